The Labute approximate surface area is 124 Å². The smallest absolute Gasteiger partial charge is 0.259 e. The van der Waals surface area contributed by atoms with Crippen LogP contribution in [0.3, 0.4) is 0 Å². The van der Waals surface area contributed by atoms with Crippen LogP contribution in [-0.4, -0.2) is 10.9 Å². The Kier molecular flexibility index (Phi) is 4.01. The van der Waals surface area contributed by atoms with Crippen molar-refractivity contribution in [1.29, 1.82) is 5.26 Å². The molecule has 3 N–H and O–H groups in total. The van der Waals surface area contributed by atoms with Crippen LogP contribution in [0, 0.1) is 18.3 Å². The zero-order valence-electron chi connectivity index (χ0n) is 10.6. The van der Waals surface area contributed by atoms with Crippen molar-refractivity contribution in [1.82, 2.24) is 4.98 Å². The number of nitriles is 1. The molecule has 0 atom stereocenters. The normalized spacial score (nSPS) is 9.85. The largest absolute Gasteiger partial charge is 0.398 e. The van der Waals surface area contributed by atoms with E-state index in [4.69, 9.17) is 11.0 Å². The van der Waals surface area contributed by atoms with Gasteiger partial charge in [0.25, 0.3) is 5.91 Å². The quantitative estimate of drug-likeness (QED) is 0.885. The number of nitrogens with one attached hydrogen (secondary N) is 1. The van der Waals surface area contributed by atoms with Gasteiger partial charge in [0.2, 0.25) is 0 Å². The van der Waals surface area contributed by atoms with Gasteiger partial charge in [-0.1, -0.05) is 15.9 Å². The van der Waals surface area contributed by atoms with E-state index in [1.165, 1.54) is 6.20 Å². The zero-order chi connectivity index (χ0) is 14.7. The monoisotopic (exact) mass is 330 g/mol. The molecule has 2 aromatic rings. The Morgan fingerprint density at radius 1 is 1.45 bits per heavy atom. The van der Waals surface area contributed by atoms with Gasteiger partial charge in [-0.15, -0.1) is 0 Å². The summed E-state index contributed by atoms with van der Waals surface area (Å²) in [4.78, 5) is 16.2. The number of benzene rings is 1. The fourth-order valence-electron chi connectivity index (χ4n) is 1.68. The predicted octanol–water partition coefficient (Wildman–Crippen LogP) is 2.86. The number of aryl methyl sites for hydroxylation is 1. The van der Waals surface area contributed by atoms with Crippen LogP contribution in [0.25, 0.3) is 0 Å². The second-order valence-electron chi connectivity index (χ2n) is 4.17. The van der Waals surface area contributed by atoms with Crippen molar-refractivity contribution in [2.24, 2.45) is 0 Å². The molecule has 0 saturated carbocycles. The van der Waals surface area contributed by atoms with E-state index >= 15 is 0 Å². The number of rotatable bonds is 2. The molecule has 0 unspecified atom stereocenters. The minimum Gasteiger partial charge on any atom is -0.398 e. The SMILES string of the molecule is Cc1cc(N)c(C(=O)Nc2ccc(Br)cc2C#N)cn1. The maximum absolute atomic E-state index is 12.1. The summed E-state index contributed by atoms with van der Waals surface area (Å²) in [6.45, 7) is 1.79. The number of nitrogens with two attached hydrogens (primary N) is 1. The third-order valence-corrected chi connectivity index (χ3v) is 3.16. The summed E-state index contributed by atoms with van der Waals surface area (Å²) in [5.74, 6) is -0.395. The second-order valence-corrected chi connectivity index (χ2v) is 5.08. The predicted molar refractivity (Wildman–Crippen MR) is 80.2 cm³/mol. The molecule has 2 rings (SSSR count). The second kappa shape index (κ2) is 5.72. The molecule has 5 nitrogen and oxygen atoms in total. The number of halogens is 1. The number of hydrogen-bond donors (Lipinski definition) is 2. The van der Waals surface area contributed by atoms with Gasteiger partial charge in [0.1, 0.15) is 6.07 Å². The summed E-state index contributed by atoms with van der Waals surface area (Å²) in [5, 5.41) is 11.7. The van der Waals surface area contributed by atoms with Crippen molar-refractivity contribution in [2.45, 2.75) is 6.92 Å². The van der Waals surface area contributed by atoms with E-state index in [0.29, 0.717) is 16.9 Å². The summed E-state index contributed by atoms with van der Waals surface area (Å²) in [7, 11) is 0. The van der Waals surface area contributed by atoms with E-state index in [0.717, 1.165) is 10.2 Å². The summed E-state index contributed by atoms with van der Waals surface area (Å²) in [5.41, 5.74) is 7.96. The highest BCUT2D eigenvalue weighted by Gasteiger charge is 2.13. The van der Waals surface area contributed by atoms with E-state index in [2.05, 4.69) is 26.2 Å². The maximum atomic E-state index is 12.1. The highest BCUT2D eigenvalue weighted by molar-refractivity contribution is 9.10. The van der Waals surface area contributed by atoms with Gasteiger partial charge in [-0.25, -0.2) is 0 Å². The topological polar surface area (TPSA) is 91.8 Å². The average molecular weight is 331 g/mol. The first-order valence-electron chi connectivity index (χ1n) is 5.74. The molecule has 0 fully saturated rings. The standard InChI is InChI=1S/C14H11BrN4O/c1-8-4-12(17)11(7-18-8)14(20)19-13-3-2-10(15)5-9(13)6-16/h2-5,7H,1H3,(H2,17,18)(H,19,20). The molecule has 100 valence electrons. The Morgan fingerprint density at radius 3 is 2.85 bits per heavy atom. The number of nitrogens with zero attached hydrogens (tertiary/aromatic N) is 2. The molecule has 0 radical (unpaired) electrons. The van der Waals surface area contributed by atoms with Crippen LogP contribution < -0.4 is 11.1 Å². The van der Waals surface area contributed by atoms with Gasteiger partial charge < -0.3 is 11.1 Å². The molecule has 0 aliphatic carbocycles. The summed E-state index contributed by atoms with van der Waals surface area (Å²) >= 11 is 3.27. The Morgan fingerprint density at radius 2 is 2.20 bits per heavy atom. The number of carbonyl (C=O) groups excluding carboxylic acids is 1. The molecular formula is C14H11BrN4O. The van der Waals surface area contributed by atoms with Gasteiger partial charge in [0.15, 0.2) is 0 Å². The van der Waals surface area contributed by atoms with Crippen LogP contribution in [0.1, 0.15) is 21.6 Å². The number of carbonyl (C=O) groups is 1. The number of anilines is 2. The van der Waals surface area contributed by atoms with Gasteiger partial charge in [-0.3, -0.25) is 9.78 Å². The lowest BCUT2D eigenvalue weighted by Gasteiger charge is -2.09. The van der Waals surface area contributed by atoms with E-state index in [9.17, 15) is 4.79 Å². The van der Waals surface area contributed by atoms with Crippen LogP contribution in [0.2, 0.25) is 0 Å². The molecule has 0 aliphatic heterocycles. The summed E-state index contributed by atoms with van der Waals surface area (Å²) < 4.78 is 0.767. The molecule has 1 amide bonds. The van der Waals surface area contributed by atoms with Gasteiger partial charge in [-0.2, -0.15) is 5.26 Å². The number of amides is 1. The number of nitrogen functional groups attached to an aromatic ring is 1. The third-order valence-electron chi connectivity index (χ3n) is 2.67. The highest BCUT2D eigenvalue weighted by Crippen LogP contribution is 2.21. The molecule has 1 aromatic heterocycles. The van der Waals surface area contributed by atoms with E-state index in [1.807, 2.05) is 6.07 Å². The van der Waals surface area contributed by atoms with Gasteiger partial charge in [0, 0.05) is 22.1 Å². The van der Waals surface area contributed by atoms with E-state index in [1.54, 1.807) is 31.2 Å². The maximum Gasteiger partial charge on any atom is 0.259 e. The van der Waals surface area contributed by atoms with Crippen molar-refractivity contribution < 1.29 is 4.79 Å². The average Bonchev–Trinajstić information content (AvgIpc) is 2.40. The lowest BCUT2D eigenvalue weighted by molar-refractivity contribution is 0.102. The first-order valence-corrected chi connectivity index (χ1v) is 6.53. The Balaban J connectivity index is 2.31. The molecule has 1 aromatic carbocycles. The van der Waals surface area contributed by atoms with Crippen LogP contribution in [0.15, 0.2) is 34.9 Å². The summed E-state index contributed by atoms with van der Waals surface area (Å²) in [6.07, 6.45) is 1.42. The first-order chi connectivity index (χ1) is 9.51. The molecule has 6 heteroatoms. The number of hydrogen-bond acceptors (Lipinski definition) is 4. The van der Waals surface area contributed by atoms with Crippen molar-refractivity contribution in [3.05, 3.63) is 51.8 Å². The van der Waals surface area contributed by atoms with Gasteiger partial charge in [0.05, 0.1) is 16.8 Å². The van der Waals surface area contributed by atoms with Gasteiger partial charge in [-0.05, 0) is 31.2 Å². The lowest BCUT2D eigenvalue weighted by Crippen LogP contribution is -2.15. The van der Waals surface area contributed by atoms with Crippen LogP contribution in [0.5, 0.6) is 0 Å². The molecule has 0 bridgehead atoms. The molecule has 20 heavy (non-hydrogen) atoms. The highest BCUT2D eigenvalue weighted by atomic mass is 79.9. The van der Waals surface area contributed by atoms with Gasteiger partial charge >= 0.3 is 0 Å². The minimum absolute atomic E-state index is 0.280. The molecule has 1 heterocycles. The molecular weight excluding hydrogens is 320 g/mol. The van der Waals surface area contributed by atoms with E-state index < -0.39 is 5.91 Å². The molecule has 0 saturated heterocycles. The minimum atomic E-state index is -0.395. The van der Waals surface area contributed by atoms with Crippen LogP contribution in [-0.2, 0) is 0 Å². The fraction of sp³-hybridized carbons (Fsp3) is 0.0714. The first kappa shape index (κ1) is 14.0. The van der Waals surface area contributed by atoms with Crippen molar-refractivity contribution in [2.75, 3.05) is 11.1 Å². The lowest BCUT2D eigenvalue weighted by atomic mass is 10.1. The summed E-state index contributed by atoms with van der Waals surface area (Å²) in [6, 6.07) is 8.68. The van der Waals surface area contributed by atoms with Crippen molar-refractivity contribution >= 4 is 33.2 Å². The number of aromatic nitrogens is 1. The third kappa shape index (κ3) is 2.95. The van der Waals surface area contributed by atoms with E-state index in [-0.39, 0.29) is 5.56 Å². The Hall–Kier alpha value is -2.39. The van der Waals surface area contributed by atoms with Crippen molar-refractivity contribution in [3.63, 3.8) is 0 Å². The van der Waals surface area contributed by atoms with Crippen LogP contribution >= 0.6 is 15.9 Å². The Bertz CT molecular complexity index is 722. The molecule has 0 spiro atoms. The fourth-order valence-corrected chi connectivity index (χ4v) is 2.04. The molecule has 0 aliphatic rings. The van der Waals surface area contributed by atoms with Crippen molar-refractivity contribution in [3.8, 4) is 6.07 Å². The van der Waals surface area contributed by atoms with Crippen LogP contribution in [0.4, 0.5) is 11.4 Å². The number of pyridine rings is 1. The zero-order valence-corrected chi connectivity index (χ0v) is 12.2.